The van der Waals surface area contributed by atoms with Crippen molar-refractivity contribution < 1.29 is 4.39 Å². The number of rotatable bonds is 0. The minimum absolute atomic E-state index is 0. The second kappa shape index (κ2) is 4.92. The lowest BCUT2D eigenvalue weighted by atomic mass is 10.6. The van der Waals surface area contributed by atoms with Gasteiger partial charge in [0.25, 0.3) is 5.56 Å². The van der Waals surface area contributed by atoms with Crippen molar-refractivity contribution in [2.75, 3.05) is 0 Å². The van der Waals surface area contributed by atoms with E-state index >= 15 is 0 Å². The third-order valence-electron chi connectivity index (χ3n) is 0.774. The molecule has 1 aromatic rings. The molecule has 7 heteroatoms. The van der Waals surface area contributed by atoms with Gasteiger partial charge in [-0.15, -0.1) is 24.8 Å². The van der Waals surface area contributed by atoms with Gasteiger partial charge >= 0.3 is 5.69 Å². The zero-order valence-electron chi connectivity index (χ0n) is 5.09. The molecule has 1 rings (SSSR count). The highest BCUT2D eigenvalue weighted by atomic mass is 35.5. The van der Waals surface area contributed by atoms with E-state index in [9.17, 15) is 14.0 Å². The van der Waals surface area contributed by atoms with Gasteiger partial charge in [0.1, 0.15) is 0 Å². The summed E-state index contributed by atoms with van der Waals surface area (Å²) in [4.78, 5) is 24.0. The van der Waals surface area contributed by atoms with Crippen LogP contribution in [0.1, 0.15) is 0 Å². The number of hydrogen-bond acceptors (Lipinski definition) is 2. The molecular formula is C4H5Cl2FN2O2. The molecule has 2 N–H and O–H groups in total. The highest BCUT2D eigenvalue weighted by molar-refractivity contribution is 5.85. The summed E-state index contributed by atoms with van der Waals surface area (Å²) in [6, 6.07) is 0. The highest BCUT2D eigenvalue weighted by Crippen LogP contribution is 1.74. The molecule has 4 nitrogen and oxygen atoms in total. The molecule has 11 heavy (non-hydrogen) atoms. The lowest BCUT2D eigenvalue weighted by molar-refractivity contribution is 0.597. The molecule has 0 unspecified atom stereocenters. The van der Waals surface area contributed by atoms with Crippen LogP contribution < -0.4 is 11.2 Å². The van der Waals surface area contributed by atoms with Crippen molar-refractivity contribution >= 4 is 24.8 Å². The van der Waals surface area contributed by atoms with Gasteiger partial charge in [-0.1, -0.05) is 0 Å². The van der Waals surface area contributed by atoms with Gasteiger partial charge in [0.05, 0.1) is 0 Å². The Kier molecular flexibility index (Phi) is 5.74. The van der Waals surface area contributed by atoms with Gasteiger partial charge in [-0.3, -0.25) is 9.78 Å². The number of aromatic amines is 2. The lowest BCUT2D eigenvalue weighted by Gasteiger charge is -1.81. The Bertz CT molecular complexity index is 320. The smallest absolute Gasteiger partial charge is 0.311 e. The number of halogens is 3. The summed E-state index contributed by atoms with van der Waals surface area (Å²) in [6.07, 6.45) is 0.709. The fraction of sp³-hybridized carbons (Fsp3) is 0. The number of nitrogens with one attached hydrogen (secondary N) is 2. The van der Waals surface area contributed by atoms with Crippen LogP contribution in [0.25, 0.3) is 0 Å². The van der Waals surface area contributed by atoms with Crippen molar-refractivity contribution in [3.05, 3.63) is 32.9 Å². The Balaban J connectivity index is 0. The Morgan fingerprint density at radius 1 is 1.27 bits per heavy atom. The zero-order chi connectivity index (χ0) is 6.85. The zero-order valence-corrected chi connectivity index (χ0v) is 6.72. The summed E-state index contributed by atoms with van der Waals surface area (Å²) < 4.78 is 12.0. The molecule has 0 radical (unpaired) electrons. The van der Waals surface area contributed by atoms with Gasteiger partial charge in [-0.25, -0.2) is 4.79 Å². The molecule has 0 spiro atoms. The molecule has 0 aliphatic rings. The van der Waals surface area contributed by atoms with Gasteiger partial charge in [0.15, 0.2) is 0 Å². The molecule has 64 valence electrons. The van der Waals surface area contributed by atoms with Crippen molar-refractivity contribution in [3.8, 4) is 0 Å². The average molecular weight is 203 g/mol. The van der Waals surface area contributed by atoms with Gasteiger partial charge in [0, 0.05) is 6.20 Å². The Morgan fingerprint density at radius 3 is 2.18 bits per heavy atom. The van der Waals surface area contributed by atoms with Crippen molar-refractivity contribution in [1.82, 2.24) is 9.97 Å². The van der Waals surface area contributed by atoms with Crippen molar-refractivity contribution in [1.29, 1.82) is 0 Å². The lowest BCUT2D eigenvalue weighted by Crippen LogP contribution is -2.23. The maximum Gasteiger partial charge on any atom is 0.325 e. The minimum Gasteiger partial charge on any atom is -0.311 e. The van der Waals surface area contributed by atoms with Crippen LogP contribution in [0.15, 0.2) is 15.8 Å². The molecule has 0 atom stereocenters. The largest absolute Gasteiger partial charge is 0.325 e. The fourth-order valence-electron chi connectivity index (χ4n) is 0.393. The van der Waals surface area contributed by atoms with E-state index in [-0.39, 0.29) is 24.8 Å². The predicted octanol–water partition coefficient (Wildman–Crippen LogP) is 0.0459. The summed E-state index contributed by atoms with van der Waals surface area (Å²) in [5.74, 6) is -0.991. The van der Waals surface area contributed by atoms with Gasteiger partial charge < -0.3 is 4.98 Å². The van der Waals surface area contributed by atoms with Crippen molar-refractivity contribution in [3.63, 3.8) is 0 Å². The topological polar surface area (TPSA) is 65.7 Å². The van der Waals surface area contributed by atoms with Gasteiger partial charge in [-0.2, -0.15) is 4.39 Å². The summed E-state index contributed by atoms with van der Waals surface area (Å²) in [6.45, 7) is 0. The third-order valence-corrected chi connectivity index (χ3v) is 0.774. The van der Waals surface area contributed by atoms with Crippen LogP contribution in [0.3, 0.4) is 0 Å². The number of H-pyrrole nitrogens is 2. The SMILES string of the molecule is Cl.Cl.O=c1[nH]cc(F)c(=O)[nH]1. The monoisotopic (exact) mass is 202 g/mol. The van der Waals surface area contributed by atoms with Gasteiger partial charge in [-0.05, 0) is 0 Å². The first-order chi connectivity index (χ1) is 4.20. The number of aromatic nitrogens is 2. The van der Waals surface area contributed by atoms with Crippen molar-refractivity contribution in [2.45, 2.75) is 0 Å². The van der Waals surface area contributed by atoms with E-state index in [1.54, 1.807) is 4.98 Å². The Hall–Kier alpha value is -0.810. The van der Waals surface area contributed by atoms with Crippen LogP contribution in [-0.4, -0.2) is 9.97 Å². The summed E-state index contributed by atoms with van der Waals surface area (Å²) in [5.41, 5.74) is -1.71. The molecule has 0 bridgehead atoms. The fourth-order valence-corrected chi connectivity index (χ4v) is 0.393. The number of hydrogen-bond donors (Lipinski definition) is 2. The summed E-state index contributed by atoms with van der Waals surface area (Å²) in [5, 5.41) is 0. The molecule has 0 amide bonds. The Labute approximate surface area is 72.7 Å². The maximum absolute atomic E-state index is 12.0. The highest BCUT2D eigenvalue weighted by Gasteiger charge is 1.93. The standard InChI is InChI=1S/C4H3FN2O2.2ClH/c5-2-1-6-4(9)7-3(2)8;;/h1H,(H2,6,7,8,9);2*1H. The minimum atomic E-state index is -1.00. The molecule has 0 aromatic carbocycles. The van der Waals surface area contributed by atoms with Crippen LogP contribution in [0.4, 0.5) is 4.39 Å². The molecular weight excluding hydrogens is 198 g/mol. The Morgan fingerprint density at radius 2 is 1.82 bits per heavy atom. The first kappa shape index (κ1) is 12.8. The molecule has 0 aliphatic carbocycles. The van der Waals surface area contributed by atoms with Crippen LogP contribution in [0.5, 0.6) is 0 Å². The quantitative estimate of drug-likeness (QED) is 0.625. The summed E-state index contributed by atoms with van der Waals surface area (Å²) in [7, 11) is 0. The maximum atomic E-state index is 12.0. The van der Waals surface area contributed by atoms with E-state index in [1.165, 1.54) is 0 Å². The molecule has 0 saturated carbocycles. The van der Waals surface area contributed by atoms with Crippen molar-refractivity contribution in [2.24, 2.45) is 0 Å². The molecule has 0 fully saturated rings. The van der Waals surface area contributed by atoms with Crippen LogP contribution in [0.2, 0.25) is 0 Å². The van der Waals surface area contributed by atoms with Crippen LogP contribution >= 0.6 is 24.8 Å². The van der Waals surface area contributed by atoms with E-state index in [0.717, 1.165) is 0 Å². The molecule has 0 aliphatic heterocycles. The second-order valence-electron chi connectivity index (χ2n) is 1.42. The predicted molar refractivity (Wildman–Crippen MR) is 42.1 cm³/mol. The van der Waals surface area contributed by atoms with E-state index in [0.29, 0.717) is 6.20 Å². The van der Waals surface area contributed by atoms with Crippen LogP contribution in [0, 0.1) is 5.82 Å². The third kappa shape index (κ3) is 3.20. The van der Waals surface area contributed by atoms with Crippen LogP contribution in [-0.2, 0) is 0 Å². The first-order valence-corrected chi connectivity index (χ1v) is 2.17. The van der Waals surface area contributed by atoms with Gasteiger partial charge in [0.2, 0.25) is 5.82 Å². The molecule has 1 heterocycles. The normalized spacial score (nSPS) is 7.73. The summed E-state index contributed by atoms with van der Waals surface area (Å²) >= 11 is 0. The first-order valence-electron chi connectivity index (χ1n) is 2.17. The van der Waals surface area contributed by atoms with E-state index in [4.69, 9.17) is 0 Å². The second-order valence-corrected chi connectivity index (χ2v) is 1.42. The average Bonchev–Trinajstić information content (AvgIpc) is 1.80. The molecule has 1 aromatic heterocycles. The van der Waals surface area contributed by atoms with E-state index < -0.39 is 17.1 Å². The molecule has 0 saturated heterocycles. The van der Waals surface area contributed by atoms with E-state index in [2.05, 4.69) is 0 Å². The van der Waals surface area contributed by atoms with E-state index in [1.807, 2.05) is 4.98 Å².